The number of allylic oxidation sites excluding steroid dienone is 1. The number of ether oxygens (including phenoxy) is 1. The molecule has 0 aromatic heterocycles. The third-order valence-corrected chi connectivity index (χ3v) is 1.96. The topological polar surface area (TPSA) is 26.3 Å². The van der Waals surface area contributed by atoms with Gasteiger partial charge in [0.15, 0.2) is 5.78 Å². The molecule has 52 valence electrons. The Labute approximate surface area is 59.2 Å². The number of rotatable bonds is 0. The van der Waals surface area contributed by atoms with Crippen molar-refractivity contribution in [1.29, 1.82) is 0 Å². The van der Waals surface area contributed by atoms with E-state index in [0.29, 0.717) is 0 Å². The summed E-state index contributed by atoms with van der Waals surface area (Å²) in [6, 6.07) is 0. The van der Waals surface area contributed by atoms with Crippen LogP contribution in [0.1, 0.15) is 13.3 Å². The molecule has 1 heterocycles. The Morgan fingerprint density at radius 3 is 3.00 bits per heavy atom. The quantitative estimate of drug-likeness (QED) is 0.500. The minimum absolute atomic E-state index is 0.0798. The lowest BCUT2D eigenvalue weighted by Gasteiger charge is -2.29. The first-order chi connectivity index (χ1) is 4.79. The summed E-state index contributed by atoms with van der Waals surface area (Å²) in [5.41, 5.74) is 1.70. The van der Waals surface area contributed by atoms with Crippen molar-refractivity contribution in [2.75, 3.05) is 0 Å². The Bertz CT molecular complexity index is 248. The molecular formula is C8H8O2. The molecule has 2 aliphatic rings. The highest BCUT2D eigenvalue weighted by atomic mass is 16.5. The molecule has 2 nitrogen and oxygen atoms in total. The lowest BCUT2D eigenvalue weighted by atomic mass is 9.90. The lowest BCUT2D eigenvalue weighted by molar-refractivity contribution is -0.115. The number of hydrogen-bond acceptors (Lipinski definition) is 2. The molecule has 0 fully saturated rings. The van der Waals surface area contributed by atoms with Gasteiger partial charge < -0.3 is 4.74 Å². The molecule has 0 bridgehead atoms. The van der Waals surface area contributed by atoms with Gasteiger partial charge in [0.2, 0.25) is 0 Å². The van der Waals surface area contributed by atoms with Gasteiger partial charge in [0, 0.05) is 6.42 Å². The van der Waals surface area contributed by atoms with E-state index in [0.717, 1.165) is 17.6 Å². The van der Waals surface area contributed by atoms with Crippen molar-refractivity contribution < 1.29 is 9.53 Å². The zero-order valence-electron chi connectivity index (χ0n) is 5.76. The van der Waals surface area contributed by atoms with Crippen molar-refractivity contribution in [3.63, 3.8) is 0 Å². The second-order valence-corrected chi connectivity index (χ2v) is 2.65. The van der Waals surface area contributed by atoms with Gasteiger partial charge in [-0.3, -0.25) is 4.79 Å². The van der Waals surface area contributed by atoms with Crippen LogP contribution in [-0.4, -0.2) is 11.9 Å². The normalized spacial score (nSPS) is 29.3. The van der Waals surface area contributed by atoms with Crippen molar-refractivity contribution in [3.05, 3.63) is 23.5 Å². The average Bonchev–Trinajstić information content (AvgIpc) is 1.82. The summed E-state index contributed by atoms with van der Waals surface area (Å²) in [5.74, 6) is 0.155. The molecule has 1 atom stereocenters. The number of carbonyl (C=O) groups excluding carboxylic acids is 1. The molecule has 1 aliphatic carbocycles. The van der Waals surface area contributed by atoms with Crippen LogP contribution in [0, 0.1) is 0 Å². The molecule has 0 radical (unpaired) electrons. The predicted octanol–water partition coefficient (Wildman–Crippen LogP) is 1.19. The van der Waals surface area contributed by atoms with Crippen LogP contribution < -0.4 is 0 Å². The van der Waals surface area contributed by atoms with E-state index in [1.807, 2.05) is 13.0 Å². The second kappa shape index (κ2) is 1.72. The molecule has 0 amide bonds. The monoisotopic (exact) mass is 136 g/mol. The van der Waals surface area contributed by atoms with E-state index in [2.05, 4.69) is 0 Å². The standard InChI is InChI=1S/C8H8O2/c1-5-2-3-7-6(4-10-7)8(5)9/h2,4,7H,3H2,1H3. The molecule has 0 saturated heterocycles. The Hall–Kier alpha value is -1.05. The number of fused-ring (bicyclic) bond motifs is 1. The summed E-state index contributed by atoms with van der Waals surface area (Å²) >= 11 is 0. The van der Waals surface area contributed by atoms with Crippen LogP contribution in [0.15, 0.2) is 23.5 Å². The van der Waals surface area contributed by atoms with E-state index >= 15 is 0 Å². The van der Waals surface area contributed by atoms with Gasteiger partial charge in [0.05, 0.1) is 11.8 Å². The van der Waals surface area contributed by atoms with Gasteiger partial charge in [-0.1, -0.05) is 6.08 Å². The zero-order chi connectivity index (χ0) is 7.14. The Morgan fingerprint density at radius 2 is 2.50 bits per heavy atom. The highest BCUT2D eigenvalue weighted by Crippen LogP contribution is 2.29. The van der Waals surface area contributed by atoms with Crippen LogP contribution in [0.4, 0.5) is 0 Å². The van der Waals surface area contributed by atoms with Crippen molar-refractivity contribution in [1.82, 2.24) is 0 Å². The predicted molar refractivity (Wildman–Crippen MR) is 36.3 cm³/mol. The van der Waals surface area contributed by atoms with Crippen LogP contribution in [0.3, 0.4) is 0 Å². The van der Waals surface area contributed by atoms with Crippen molar-refractivity contribution in [2.24, 2.45) is 0 Å². The third-order valence-electron chi connectivity index (χ3n) is 1.96. The maximum Gasteiger partial charge on any atom is 0.191 e. The summed E-state index contributed by atoms with van der Waals surface area (Å²) in [6.45, 7) is 1.84. The van der Waals surface area contributed by atoms with Crippen molar-refractivity contribution in [2.45, 2.75) is 19.4 Å². The Kier molecular flexibility index (Phi) is 0.982. The summed E-state index contributed by atoms with van der Waals surface area (Å²) in [4.78, 5) is 11.2. The fourth-order valence-electron chi connectivity index (χ4n) is 1.22. The smallest absolute Gasteiger partial charge is 0.191 e. The zero-order valence-corrected chi connectivity index (χ0v) is 5.76. The van der Waals surface area contributed by atoms with E-state index in [9.17, 15) is 4.79 Å². The Morgan fingerprint density at radius 1 is 1.70 bits per heavy atom. The van der Waals surface area contributed by atoms with E-state index < -0.39 is 0 Å². The van der Waals surface area contributed by atoms with Crippen LogP contribution in [0.25, 0.3) is 0 Å². The molecule has 0 N–H and O–H groups in total. The molecule has 2 rings (SSSR count). The van der Waals surface area contributed by atoms with Crippen molar-refractivity contribution in [3.8, 4) is 0 Å². The van der Waals surface area contributed by atoms with E-state index in [1.165, 1.54) is 0 Å². The number of Topliss-reactive ketones (excluding diaryl/α,β-unsaturated/α-hetero) is 1. The molecule has 1 aliphatic heterocycles. The van der Waals surface area contributed by atoms with Crippen LogP contribution >= 0.6 is 0 Å². The van der Waals surface area contributed by atoms with E-state index in [4.69, 9.17) is 4.74 Å². The molecule has 10 heavy (non-hydrogen) atoms. The fraction of sp³-hybridized carbons (Fsp3) is 0.375. The largest absolute Gasteiger partial charge is 0.492 e. The first kappa shape index (κ1) is 5.71. The molecule has 1 unspecified atom stereocenters. The molecule has 0 saturated carbocycles. The van der Waals surface area contributed by atoms with Gasteiger partial charge >= 0.3 is 0 Å². The van der Waals surface area contributed by atoms with E-state index in [1.54, 1.807) is 6.26 Å². The molecule has 2 heteroatoms. The first-order valence-corrected chi connectivity index (χ1v) is 3.36. The molecule has 0 aromatic carbocycles. The highest BCUT2D eigenvalue weighted by Gasteiger charge is 2.32. The van der Waals surface area contributed by atoms with Gasteiger partial charge in [-0.05, 0) is 12.5 Å². The molecule has 0 aromatic rings. The van der Waals surface area contributed by atoms with Gasteiger partial charge in [0.25, 0.3) is 0 Å². The summed E-state index contributed by atoms with van der Waals surface area (Å²) in [5, 5.41) is 0. The van der Waals surface area contributed by atoms with Crippen LogP contribution in [0.2, 0.25) is 0 Å². The van der Waals surface area contributed by atoms with Gasteiger partial charge in [-0.25, -0.2) is 0 Å². The van der Waals surface area contributed by atoms with Gasteiger partial charge in [-0.2, -0.15) is 0 Å². The van der Waals surface area contributed by atoms with Crippen molar-refractivity contribution >= 4 is 5.78 Å². The minimum Gasteiger partial charge on any atom is -0.492 e. The van der Waals surface area contributed by atoms with Gasteiger partial charge in [-0.15, -0.1) is 0 Å². The third kappa shape index (κ3) is 0.561. The molecular weight excluding hydrogens is 128 g/mol. The van der Waals surface area contributed by atoms with Crippen LogP contribution in [-0.2, 0) is 9.53 Å². The van der Waals surface area contributed by atoms with Crippen LogP contribution in [0.5, 0.6) is 0 Å². The summed E-state index contributed by atoms with van der Waals surface area (Å²) in [6.07, 6.45) is 4.44. The highest BCUT2D eigenvalue weighted by molar-refractivity contribution is 6.09. The summed E-state index contributed by atoms with van der Waals surface area (Å²) < 4.78 is 5.03. The second-order valence-electron chi connectivity index (χ2n) is 2.65. The summed E-state index contributed by atoms with van der Waals surface area (Å²) in [7, 11) is 0. The fourth-order valence-corrected chi connectivity index (χ4v) is 1.22. The average molecular weight is 136 g/mol. The maximum atomic E-state index is 11.2. The number of ketones is 1. The minimum atomic E-state index is 0.0798. The number of carbonyl (C=O) groups is 1. The Balaban J connectivity index is 2.37. The maximum absolute atomic E-state index is 11.2. The first-order valence-electron chi connectivity index (χ1n) is 3.36. The van der Waals surface area contributed by atoms with E-state index in [-0.39, 0.29) is 11.9 Å². The lowest BCUT2D eigenvalue weighted by Crippen LogP contribution is -2.31. The molecule has 0 spiro atoms. The SMILES string of the molecule is CC1=CCC2OC=C2C1=O. The van der Waals surface area contributed by atoms with Gasteiger partial charge in [0.1, 0.15) is 6.10 Å². The number of hydrogen-bond donors (Lipinski definition) is 0.